The van der Waals surface area contributed by atoms with Crippen LogP contribution in [0.15, 0.2) is 41.3 Å². The number of ether oxygens (including phenoxy) is 2. The van der Waals surface area contributed by atoms with Gasteiger partial charge >= 0.3 is 12.1 Å². The Bertz CT molecular complexity index is 1720. The summed E-state index contributed by atoms with van der Waals surface area (Å²) in [6.07, 6.45) is 4.14. The van der Waals surface area contributed by atoms with Gasteiger partial charge in [0.05, 0.1) is 36.6 Å². The van der Waals surface area contributed by atoms with Gasteiger partial charge in [0, 0.05) is 43.7 Å². The van der Waals surface area contributed by atoms with E-state index in [4.69, 9.17) is 9.47 Å². The number of carbonyl (C=O) groups is 3. The Labute approximate surface area is 257 Å². The number of halogens is 2. The number of aromatic carboxylic acids is 1. The first-order chi connectivity index (χ1) is 21.6. The zero-order valence-electron chi connectivity index (χ0n) is 24.8. The lowest BCUT2D eigenvalue weighted by molar-refractivity contribution is -0.119. The number of aromatic nitrogens is 1. The maximum Gasteiger partial charge on any atom is 0.414 e. The fraction of sp³-hybridized carbons (Fsp3) is 0.438. The van der Waals surface area contributed by atoms with Gasteiger partial charge in [-0.2, -0.15) is 0 Å². The molecular weight excluding hydrogens is 590 g/mol. The number of hydrogen-bond acceptors (Lipinski definition) is 7. The lowest BCUT2D eigenvalue weighted by Crippen LogP contribution is -2.33. The van der Waals surface area contributed by atoms with E-state index >= 15 is 4.39 Å². The van der Waals surface area contributed by atoms with Crippen molar-refractivity contribution in [2.45, 2.75) is 51.2 Å². The number of amides is 2. The second-order valence-electron chi connectivity index (χ2n) is 11.9. The van der Waals surface area contributed by atoms with Gasteiger partial charge in [-0.25, -0.2) is 18.4 Å². The maximum atomic E-state index is 15.4. The van der Waals surface area contributed by atoms with Crippen LogP contribution in [0.1, 0.15) is 55.4 Å². The lowest BCUT2D eigenvalue weighted by Gasteiger charge is -2.25. The third kappa shape index (κ3) is 6.43. The molecule has 3 aromatic rings. The van der Waals surface area contributed by atoms with Crippen LogP contribution in [-0.4, -0.2) is 66.5 Å². The minimum atomic E-state index is -1.33. The van der Waals surface area contributed by atoms with Crippen molar-refractivity contribution in [2.75, 3.05) is 42.6 Å². The Balaban J connectivity index is 1.10. The van der Waals surface area contributed by atoms with Gasteiger partial charge in [0.25, 0.3) is 0 Å². The van der Waals surface area contributed by atoms with Crippen LogP contribution in [0.4, 0.5) is 25.0 Å². The Hall–Kier alpha value is -4.68. The van der Waals surface area contributed by atoms with Crippen LogP contribution >= 0.6 is 0 Å². The van der Waals surface area contributed by atoms with Gasteiger partial charge in [0.1, 0.15) is 17.5 Å². The molecule has 1 saturated carbocycles. The van der Waals surface area contributed by atoms with Gasteiger partial charge in [-0.3, -0.25) is 14.5 Å². The molecule has 6 rings (SSSR count). The second-order valence-corrected chi connectivity index (χ2v) is 11.9. The molecule has 2 amide bonds. The largest absolute Gasteiger partial charge is 0.490 e. The maximum absolute atomic E-state index is 15.4. The average molecular weight is 625 g/mol. The van der Waals surface area contributed by atoms with Gasteiger partial charge in [-0.05, 0) is 62.3 Å². The van der Waals surface area contributed by atoms with Gasteiger partial charge < -0.3 is 29.4 Å². The van der Waals surface area contributed by atoms with Crippen molar-refractivity contribution in [3.8, 4) is 5.75 Å². The minimum absolute atomic E-state index is 0.0570. The number of carbonyl (C=O) groups excluding carboxylic acids is 2. The Morgan fingerprint density at radius 1 is 1.07 bits per heavy atom. The van der Waals surface area contributed by atoms with E-state index in [0.29, 0.717) is 36.4 Å². The summed E-state index contributed by atoms with van der Waals surface area (Å²) < 4.78 is 43.3. The van der Waals surface area contributed by atoms with Crippen LogP contribution < -0.4 is 25.3 Å². The molecule has 2 atom stereocenters. The molecule has 3 heterocycles. The van der Waals surface area contributed by atoms with Crippen molar-refractivity contribution in [1.29, 1.82) is 0 Å². The molecule has 0 radical (unpaired) electrons. The molecule has 2 aromatic carbocycles. The molecule has 1 aliphatic carbocycles. The molecule has 11 nitrogen and oxygen atoms in total. The third-order valence-corrected chi connectivity index (χ3v) is 8.61. The standard InChI is InChI=1S/C32H34F2N4O7/c1-18(39)35-14-22-15-38(32(43)45-22)21-6-7-29(26(34)11-21)44-17-19-3-2-9-36(10-8-19)28-13-27-23(12-25(28)33)30(40)24(31(41)42)16-37(27)20-4-5-20/h6-7,11-13,16,19-20,22H,2-5,8-10,14-15,17H2,1H3,(H,35,39)(H,41,42)/t19?,22-/m0/s1. The molecule has 13 heteroatoms. The monoisotopic (exact) mass is 624 g/mol. The van der Waals surface area contributed by atoms with Crippen LogP contribution in [0.5, 0.6) is 5.75 Å². The molecule has 0 bridgehead atoms. The number of pyridine rings is 1. The smallest absolute Gasteiger partial charge is 0.414 e. The molecule has 3 aliphatic rings. The van der Waals surface area contributed by atoms with Gasteiger partial charge in [-0.1, -0.05) is 0 Å². The highest BCUT2D eigenvalue weighted by atomic mass is 19.1. The Morgan fingerprint density at radius 3 is 2.58 bits per heavy atom. The van der Waals surface area contributed by atoms with Crippen molar-refractivity contribution in [3.63, 3.8) is 0 Å². The molecule has 1 aromatic heterocycles. The van der Waals surface area contributed by atoms with E-state index in [1.165, 1.54) is 30.2 Å². The van der Waals surface area contributed by atoms with Gasteiger partial charge in [0.15, 0.2) is 11.6 Å². The fourth-order valence-electron chi connectivity index (χ4n) is 6.06. The molecular formula is C32H34F2N4O7. The van der Waals surface area contributed by atoms with Crippen LogP contribution in [0, 0.1) is 17.6 Å². The van der Waals surface area contributed by atoms with Crippen molar-refractivity contribution in [2.24, 2.45) is 5.92 Å². The van der Waals surface area contributed by atoms with E-state index in [2.05, 4.69) is 5.32 Å². The number of fused-ring (bicyclic) bond motifs is 1. The van der Waals surface area contributed by atoms with Gasteiger partial charge in [0.2, 0.25) is 11.3 Å². The highest BCUT2D eigenvalue weighted by Gasteiger charge is 2.33. The summed E-state index contributed by atoms with van der Waals surface area (Å²) in [5.74, 6) is -2.62. The molecule has 45 heavy (non-hydrogen) atoms. The lowest BCUT2D eigenvalue weighted by atomic mass is 10.0. The normalized spacial score (nSPS) is 20.2. The number of cyclic esters (lactones) is 1. The van der Waals surface area contributed by atoms with Crippen LogP contribution in [0.2, 0.25) is 0 Å². The third-order valence-electron chi connectivity index (χ3n) is 8.61. The average Bonchev–Trinajstić information content (AvgIpc) is 3.81. The molecule has 1 unspecified atom stereocenters. The zero-order valence-corrected chi connectivity index (χ0v) is 24.8. The summed E-state index contributed by atoms with van der Waals surface area (Å²) in [7, 11) is 0. The number of carboxylic acids is 1. The van der Waals surface area contributed by atoms with Crippen molar-refractivity contribution >= 4 is 40.2 Å². The predicted molar refractivity (Wildman–Crippen MR) is 161 cm³/mol. The van der Waals surface area contributed by atoms with E-state index in [1.807, 2.05) is 4.90 Å². The second kappa shape index (κ2) is 12.4. The first kappa shape index (κ1) is 30.4. The Kier molecular flexibility index (Phi) is 8.34. The van der Waals surface area contributed by atoms with Crippen LogP contribution in [0.25, 0.3) is 10.9 Å². The summed E-state index contributed by atoms with van der Waals surface area (Å²) in [5, 5.41) is 12.2. The summed E-state index contributed by atoms with van der Waals surface area (Å²) >= 11 is 0. The minimum Gasteiger partial charge on any atom is -0.490 e. The van der Waals surface area contributed by atoms with Crippen molar-refractivity contribution < 1.29 is 37.7 Å². The molecule has 2 N–H and O–H groups in total. The summed E-state index contributed by atoms with van der Waals surface area (Å²) in [5.41, 5.74) is 0.152. The SMILES string of the molecule is CC(=O)NC[C@H]1CN(c2ccc(OCC3CCCN(c4cc5c(cc4F)c(=O)c(C(=O)O)cn5C4CC4)CC3)c(F)c2)C(=O)O1. The van der Waals surface area contributed by atoms with Crippen LogP contribution in [-0.2, 0) is 9.53 Å². The summed E-state index contributed by atoms with van der Waals surface area (Å²) in [4.78, 5) is 51.1. The molecule has 2 saturated heterocycles. The van der Waals surface area contributed by atoms with Gasteiger partial charge in [-0.15, -0.1) is 0 Å². The van der Waals surface area contributed by atoms with E-state index in [9.17, 15) is 28.7 Å². The molecule has 0 spiro atoms. The number of nitrogens with zero attached hydrogens (tertiary/aromatic N) is 3. The number of carboxylic acid groups (broad SMARTS) is 1. The zero-order chi connectivity index (χ0) is 31.8. The van der Waals surface area contributed by atoms with Crippen molar-refractivity contribution in [3.05, 3.63) is 63.9 Å². The number of hydrogen-bond donors (Lipinski definition) is 2. The number of anilines is 2. The highest BCUT2D eigenvalue weighted by molar-refractivity contribution is 5.93. The fourth-order valence-corrected chi connectivity index (χ4v) is 6.06. The van der Waals surface area contributed by atoms with E-state index < -0.39 is 35.2 Å². The quantitative estimate of drug-likeness (QED) is 0.357. The van der Waals surface area contributed by atoms with E-state index in [1.54, 1.807) is 16.7 Å². The first-order valence-electron chi connectivity index (χ1n) is 15.1. The Morgan fingerprint density at radius 2 is 1.87 bits per heavy atom. The summed E-state index contributed by atoms with van der Waals surface area (Å²) in [6.45, 7) is 3.08. The number of rotatable bonds is 9. The topological polar surface area (TPSA) is 130 Å². The highest BCUT2D eigenvalue weighted by Crippen LogP contribution is 2.38. The number of nitrogens with one attached hydrogen (secondary N) is 1. The number of benzene rings is 2. The molecule has 2 aliphatic heterocycles. The summed E-state index contributed by atoms with van der Waals surface area (Å²) in [6, 6.07) is 7.17. The van der Waals surface area contributed by atoms with Crippen molar-refractivity contribution in [1.82, 2.24) is 9.88 Å². The molecule has 238 valence electrons. The van der Waals surface area contributed by atoms with E-state index in [0.717, 1.165) is 31.7 Å². The predicted octanol–water partition coefficient (Wildman–Crippen LogP) is 4.46. The molecule has 3 fully saturated rings. The van der Waals surface area contributed by atoms with Crippen LogP contribution in [0.3, 0.4) is 0 Å². The van der Waals surface area contributed by atoms with E-state index in [-0.39, 0.29) is 54.3 Å². The first-order valence-corrected chi connectivity index (χ1v) is 15.1.